The summed E-state index contributed by atoms with van der Waals surface area (Å²) in [6, 6.07) is 7.32. The predicted molar refractivity (Wildman–Crippen MR) is 79.5 cm³/mol. The summed E-state index contributed by atoms with van der Waals surface area (Å²) < 4.78 is 5.51. The van der Waals surface area contributed by atoms with Crippen molar-refractivity contribution < 1.29 is 4.74 Å². The Morgan fingerprint density at radius 2 is 2.16 bits per heavy atom. The van der Waals surface area contributed by atoms with Gasteiger partial charge >= 0.3 is 0 Å². The fourth-order valence-electron chi connectivity index (χ4n) is 2.61. The summed E-state index contributed by atoms with van der Waals surface area (Å²) in [6.07, 6.45) is 3.94. The molecule has 1 aliphatic rings. The van der Waals surface area contributed by atoms with Gasteiger partial charge in [-0.05, 0) is 50.6 Å². The maximum Gasteiger partial charge on any atom is 0.123 e. The van der Waals surface area contributed by atoms with Crippen molar-refractivity contribution in [1.29, 1.82) is 0 Å². The SMILES string of the molecule is CCCN(Cc1cc(CNC)ccc1OC)C1CC1. The zero-order valence-corrected chi connectivity index (χ0v) is 12.4. The second-order valence-corrected chi connectivity index (χ2v) is 5.38. The van der Waals surface area contributed by atoms with E-state index in [9.17, 15) is 0 Å². The van der Waals surface area contributed by atoms with Crippen molar-refractivity contribution in [2.75, 3.05) is 20.7 Å². The Kier molecular flexibility index (Phi) is 5.23. The highest BCUT2D eigenvalue weighted by molar-refractivity contribution is 5.37. The summed E-state index contributed by atoms with van der Waals surface area (Å²) in [6.45, 7) is 5.36. The Hall–Kier alpha value is -1.06. The molecule has 0 bridgehead atoms. The van der Waals surface area contributed by atoms with Gasteiger partial charge in [-0.1, -0.05) is 13.0 Å². The molecule has 0 amide bonds. The lowest BCUT2D eigenvalue weighted by Crippen LogP contribution is -2.26. The van der Waals surface area contributed by atoms with Crippen LogP contribution in [0.1, 0.15) is 37.3 Å². The molecule has 1 N–H and O–H groups in total. The molecule has 0 aliphatic heterocycles. The Bertz CT molecular complexity index is 402. The number of nitrogens with zero attached hydrogens (tertiary/aromatic N) is 1. The molecular formula is C16H26N2O. The summed E-state index contributed by atoms with van der Waals surface area (Å²) in [7, 11) is 3.75. The fraction of sp³-hybridized carbons (Fsp3) is 0.625. The number of methoxy groups -OCH3 is 1. The molecule has 0 heterocycles. The first-order valence-corrected chi connectivity index (χ1v) is 7.33. The topological polar surface area (TPSA) is 24.5 Å². The van der Waals surface area contributed by atoms with E-state index in [0.717, 1.165) is 24.9 Å². The maximum absolute atomic E-state index is 5.51. The third-order valence-corrected chi connectivity index (χ3v) is 3.67. The van der Waals surface area contributed by atoms with Crippen molar-refractivity contribution >= 4 is 0 Å². The average molecular weight is 262 g/mol. The van der Waals surface area contributed by atoms with E-state index in [1.807, 2.05) is 7.05 Å². The van der Waals surface area contributed by atoms with Gasteiger partial charge in [0, 0.05) is 24.7 Å². The zero-order valence-electron chi connectivity index (χ0n) is 12.4. The second-order valence-electron chi connectivity index (χ2n) is 5.38. The van der Waals surface area contributed by atoms with Gasteiger partial charge in [0.2, 0.25) is 0 Å². The first kappa shape index (κ1) is 14.4. The largest absolute Gasteiger partial charge is 0.496 e. The molecule has 0 unspecified atom stereocenters. The predicted octanol–water partition coefficient (Wildman–Crippen LogP) is 2.79. The van der Waals surface area contributed by atoms with Crippen LogP contribution in [0, 0.1) is 0 Å². The Balaban J connectivity index is 2.13. The summed E-state index contributed by atoms with van der Waals surface area (Å²) in [5.41, 5.74) is 2.64. The van der Waals surface area contributed by atoms with Crippen molar-refractivity contribution in [2.24, 2.45) is 0 Å². The van der Waals surface area contributed by atoms with Crippen molar-refractivity contribution in [3.8, 4) is 5.75 Å². The molecule has 0 saturated heterocycles. The summed E-state index contributed by atoms with van der Waals surface area (Å²) in [4.78, 5) is 2.60. The number of nitrogens with one attached hydrogen (secondary N) is 1. The van der Waals surface area contributed by atoms with E-state index in [2.05, 4.69) is 35.3 Å². The van der Waals surface area contributed by atoms with Crippen molar-refractivity contribution in [1.82, 2.24) is 10.2 Å². The smallest absolute Gasteiger partial charge is 0.123 e. The van der Waals surface area contributed by atoms with Crippen LogP contribution in [0.15, 0.2) is 18.2 Å². The third kappa shape index (κ3) is 3.95. The van der Waals surface area contributed by atoms with Gasteiger partial charge in [0.25, 0.3) is 0 Å². The van der Waals surface area contributed by atoms with Gasteiger partial charge in [0.15, 0.2) is 0 Å². The van der Waals surface area contributed by atoms with E-state index < -0.39 is 0 Å². The molecule has 3 heteroatoms. The van der Waals surface area contributed by atoms with Gasteiger partial charge in [-0.2, -0.15) is 0 Å². The molecular weight excluding hydrogens is 236 g/mol. The van der Waals surface area contributed by atoms with E-state index in [-0.39, 0.29) is 0 Å². The van der Waals surface area contributed by atoms with Crippen molar-refractivity contribution in [2.45, 2.75) is 45.3 Å². The van der Waals surface area contributed by atoms with E-state index in [1.165, 1.54) is 36.9 Å². The molecule has 1 aliphatic carbocycles. The summed E-state index contributed by atoms with van der Waals surface area (Å²) in [5, 5.41) is 3.21. The van der Waals surface area contributed by atoms with Crippen LogP contribution in [-0.2, 0) is 13.1 Å². The highest BCUT2D eigenvalue weighted by Gasteiger charge is 2.28. The first-order chi connectivity index (χ1) is 9.28. The summed E-state index contributed by atoms with van der Waals surface area (Å²) in [5.74, 6) is 1.02. The van der Waals surface area contributed by atoms with Gasteiger partial charge in [0.1, 0.15) is 5.75 Å². The zero-order chi connectivity index (χ0) is 13.7. The second kappa shape index (κ2) is 6.92. The Morgan fingerprint density at radius 1 is 1.37 bits per heavy atom. The standard InChI is InChI=1S/C16H26N2O/c1-4-9-18(15-6-7-15)12-14-10-13(11-17-2)5-8-16(14)19-3/h5,8,10,15,17H,4,6-7,9,11-12H2,1-3H3. The van der Waals surface area contributed by atoms with Crippen LogP contribution in [0.4, 0.5) is 0 Å². The van der Waals surface area contributed by atoms with Crippen molar-refractivity contribution in [3.05, 3.63) is 29.3 Å². The van der Waals surface area contributed by atoms with E-state index in [0.29, 0.717) is 0 Å². The number of hydrogen-bond acceptors (Lipinski definition) is 3. The highest BCUT2D eigenvalue weighted by Crippen LogP contribution is 2.30. The number of rotatable bonds is 8. The van der Waals surface area contributed by atoms with Gasteiger partial charge < -0.3 is 10.1 Å². The fourth-order valence-corrected chi connectivity index (χ4v) is 2.61. The minimum atomic E-state index is 0.803. The molecule has 0 radical (unpaired) electrons. The molecule has 3 nitrogen and oxygen atoms in total. The molecule has 1 saturated carbocycles. The molecule has 0 aromatic heterocycles. The van der Waals surface area contributed by atoms with E-state index in [4.69, 9.17) is 4.74 Å². The first-order valence-electron chi connectivity index (χ1n) is 7.33. The van der Waals surface area contributed by atoms with Crippen LogP contribution in [0.25, 0.3) is 0 Å². The van der Waals surface area contributed by atoms with Crippen LogP contribution < -0.4 is 10.1 Å². The minimum Gasteiger partial charge on any atom is -0.496 e. The number of hydrogen-bond donors (Lipinski definition) is 1. The number of benzene rings is 1. The lowest BCUT2D eigenvalue weighted by molar-refractivity contribution is 0.251. The molecule has 1 aromatic carbocycles. The molecule has 1 aromatic rings. The van der Waals surface area contributed by atoms with Gasteiger partial charge in [-0.25, -0.2) is 0 Å². The van der Waals surface area contributed by atoms with Crippen LogP contribution in [0.2, 0.25) is 0 Å². The Labute approximate surface area is 116 Å². The molecule has 1 fully saturated rings. The van der Waals surface area contributed by atoms with Crippen LogP contribution in [-0.4, -0.2) is 31.6 Å². The van der Waals surface area contributed by atoms with Crippen LogP contribution in [0.3, 0.4) is 0 Å². The molecule has 2 rings (SSSR count). The monoisotopic (exact) mass is 262 g/mol. The van der Waals surface area contributed by atoms with E-state index >= 15 is 0 Å². The van der Waals surface area contributed by atoms with E-state index in [1.54, 1.807) is 7.11 Å². The average Bonchev–Trinajstić information content (AvgIpc) is 3.23. The lowest BCUT2D eigenvalue weighted by atomic mass is 10.1. The number of ether oxygens (including phenoxy) is 1. The minimum absolute atomic E-state index is 0.803. The van der Waals surface area contributed by atoms with Crippen LogP contribution >= 0.6 is 0 Å². The lowest BCUT2D eigenvalue weighted by Gasteiger charge is -2.23. The Morgan fingerprint density at radius 3 is 2.74 bits per heavy atom. The normalized spacial score (nSPS) is 14.9. The quantitative estimate of drug-likeness (QED) is 0.779. The third-order valence-electron chi connectivity index (χ3n) is 3.67. The molecule has 106 valence electrons. The van der Waals surface area contributed by atoms with Crippen molar-refractivity contribution in [3.63, 3.8) is 0 Å². The highest BCUT2D eigenvalue weighted by atomic mass is 16.5. The van der Waals surface area contributed by atoms with Crippen LogP contribution in [0.5, 0.6) is 5.75 Å². The van der Waals surface area contributed by atoms with Gasteiger partial charge in [-0.15, -0.1) is 0 Å². The molecule has 19 heavy (non-hydrogen) atoms. The maximum atomic E-state index is 5.51. The summed E-state index contributed by atoms with van der Waals surface area (Å²) >= 11 is 0. The molecule has 0 spiro atoms. The van der Waals surface area contributed by atoms with Gasteiger partial charge in [-0.3, -0.25) is 4.90 Å². The molecule has 0 atom stereocenters. The van der Waals surface area contributed by atoms with Gasteiger partial charge in [0.05, 0.1) is 7.11 Å².